The number of hydrogen-bond donors (Lipinski definition) is 0. The summed E-state index contributed by atoms with van der Waals surface area (Å²) in [6.45, 7) is 5.01. The minimum atomic E-state index is -4.63. The summed E-state index contributed by atoms with van der Waals surface area (Å²) in [6.07, 6.45) is 0.996. The van der Waals surface area contributed by atoms with E-state index in [-0.39, 0.29) is 35.7 Å². The maximum absolute atomic E-state index is 14.1. The molecule has 0 bridgehead atoms. The normalized spacial score (nSPS) is 17.5. The zero-order valence-electron chi connectivity index (χ0n) is 19.3. The SMILES string of the molecule is CC(=O)CCc1cc(C(F)(F)F)c(-c2nc(N3CCCCCC3)nc(N3CCOCC3)n2)cn1. The molecule has 0 saturated carbocycles. The Kier molecular flexibility index (Phi) is 7.60. The zero-order valence-corrected chi connectivity index (χ0v) is 19.3. The molecule has 0 amide bonds. The molecule has 8 nitrogen and oxygen atoms in total. The summed E-state index contributed by atoms with van der Waals surface area (Å²) in [7, 11) is 0. The van der Waals surface area contributed by atoms with Crippen LogP contribution in [-0.4, -0.2) is 65.1 Å². The summed E-state index contributed by atoms with van der Waals surface area (Å²) in [5.41, 5.74) is -0.837. The van der Waals surface area contributed by atoms with E-state index in [1.54, 1.807) is 0 Å². The minimum Gasteiger partial charge on any atom is -0.378 e. The van der Waals surface area contributed by atoms with E-state index in [4.69, 9.17) is 4.74 Å². The van der Waals surface area contributed by atoms with Gasteiger partial charge in [-0.15, -0.1) is 0 Å². The Morgan fingerprint density at radius 1 is 0.971 bits per heavy atom. The number of aryl methyl sites for hydroxylation is 1. The van der Waals surface area contributed by atoms with Crippen molar-refractivity contribution in [3.63, 3.8) is 0 Å². The highest BCUT2D eigenvalue weighted by atomic mass is 19.4. The molecule has 0 unspecified atom stereocenters. The number of Topliss-reactive ketones (excluding diaryl/α,β-unsaturated/α-hetero) is 1. The molecular formula is C23H29F3N6O2. The number of carbonyl (C=O) groups is 1. The van der Waals surface area contributed by atoms with Crippen LogP contribution in [0.15, 0.2) is 12.3 Å². The van der Waals surface area contributed by atoms with E-state index in [9.17, 15) is 18.0 Å². The number of morpholine rings is 1. The van der Waals surface area contributed by atoms with Gasteiger partial charge in [0.15, 0.2) is 5.82 Å². The fourth-order valence-corrected chi connectivity index (χ4v) is 4.14. The lowest BCUT2D eigenvalue weighted by atomic mass is 10.1. The molecule has 0 aliphatic carbocycles. The number of rotatable bonds is 6. The van der Waals surface area contributed by atoms with Crippen molar-refractivity contribution in [2.24, 2.45) is 0 Å². The molecule has 0 aromatic carbocycles. The second-order valence-electron chi connectivity index (χ2n) is 8.68. The number of carbonyl (C=O) groups excluding carboxylic acids is 1. The Morgan fingerprint density at radius 3 is 2.18 bits per heavy atom. The van der Waals surface area contributed by atoms with Crippen LogP contribution in [0, 0.1) is 0 Å². The van der Waals surface area contributed by atoms with Crippen molar-refractivity contribution in [3.05, 3.63) is 23.5 Å². The van der Waals surface area contributed by atoms with Crippen LogP contribution in [0.1, 0.15) is 50.3 Å². The van der Waals surface area contributed by atoms with E-state index in [1.165, 1.54) is 13.1 Å². The van der Waals surface area contributed by atoms with Crippen LogP contribution < -0.4 is 9.80 Å². The Morgan fingerprint density at radius 2 is 1.59 bits per heavy atom. The molecule has 2 saturated heterocycles. The van der Waals surface area contributed by atoms with Crippen molar-refractivity contribution in [2.75, 3.05) is 49.2 Å². The first-order chi connectivity index (χ1) is 16.3. The highest BCUT2D eigenvalue weighted by Crippen LogP contribution is 2.37. The third-order valence-corrected chi connectivity index (χ3v) is 6.03. The number of anilines is 2. The average molecular weight is 479 g/mol. The molecule has 2 aromatic rings. The maximum Gasteiger partial charge on any atom is 0.417 e. The van der Waals surface area contributed by atoms with Crippen LogP contribution in [0.25, 0.3) is 11.4 Å². The third-order valence-electron chi connectivity index (χ3n) is 6.03. The van der Waals surface area contributed by atoms with Gasteiger partial charge in [-0.1, -0.05) is 12.8 Å². The van der Waals surface area contributed by atoms with Crippen molar-refractivity contribution in [1.29, 1.82) is 0 Å². The number of halogens is 3. The molecule has 0 N–H and O–H groups in total. The highest BCUT2D eigenvalue weighted by molar-refractivity contribution is 5.75. The largest absolute Gasteiger partial charge is 0.417 e. The summed E-state index contributed by atoms with van der Waals surface area (Å²) in [6, 6.07) is 1.00. The molecule has 4 heterocycles. The van der Waals surface area contributed by atoms with E-state index in [2.05, 4.69) is 19.9 Å². The first-order valence-electron chi connectivity index (χ1n) is 11.7. The van der Waals surface area contributed by atoms with E-state index in [0.717, 1.165) is 44.8 Å². The van der Waals surface area contributed by atoms with Crippen LogP contribution in [0.5, 0.6) is 0 Å². The van der Waals surface area contributed by atoms with Crippen LogP contribution in [0.2, 0.25) is 0 Å². The van der Waals surface area contributed by atoms with Gasteiger partial charge < -0.3 is 19.3 Å². The fraction of sp³-hybridized carbons (Fsp3) is 0.609. The number of aromatic nitrogens is 4. The van der Waals surface area contributed by atoms with Gasteiger partial charge in [0.05, 0.1) is 24.3 Å². The summed E-state index contributed by atoms with van der Waals surface area (Å²) in [4.78, 5) is 33.0. The summed E-state index contributed by atoms with van der Waals surface area (Å²) in [5, 5.41) is 0. The summed E-state index contributed by atoms with van der Waals surface area (Å²) < 4.78 is 47.6. The molecule has 2 aliphatic heterocycles. The molecule has 0 atom stereocenters. The molecule has 34 heavy (non-hydrogen) atoms. The molecule has 2 aromatic heterocycles. The quantitative estimate of drug-likeness (QED) is 0.622. The summed E-state index contributed by atoms with van der Waals surface area (Å²) >= 11 is 0. The minimum absolute atomic E-state index is 0.0475. The van der Waals surface area contributed by atoms with Gasteiger partial charge in [-0.25, -0.2) is 0 Å². The van der Waals surface area contributed by atoms with Gasteiger partial charge in [-0.3, -0.25) is 4.98 Å². The van der Waals surface area contributed by atoms with E-state index < -0.39 is 11.7 Å². The predicted molar refractivity (Wildman–Crippen MR) is 121 cm³/mol. The number of ether oxygens (including phenoxy) is 1. The number of nitrogens with zero attached hydrogens (tertiary/aromatic N) is 6. The smallest absolute Gasteiger partial charge is 0.378 e. The first kappa shape index (κ1) is 24.3. The van der Waals surface area contributed by atoms with Gasteiger partial charge in [0.1, 0.15) is 5.78 Å². The van der Waals surface area contributed by atoms with E-state index >= 15 is 0 Å². The predicted octanol–water partition coefficient (Wildman–Crippen LogP) is 3.69. The molecule has 0 spiro atoms. The second-order valence-corrected chi connectivity index (χ2v) is 8.68. The standard InChI is InChI=1S/C23H29F3N6O2/c1-16(33)6-7-17-14-19(23(24,25)26)18(15-27-17)20-28-21(31-8-4-2-3-5-9-31)30-22(29-20)32-10-12-34-13-11-32/h14-15H,2-13H2,1H3. The first-order valence-corrected chi connectivity index (χ1v) is 11.7. The van der Waals surface area contributed by atoms with Crippen LogP contribution in [0.4, 0.5) is 25.1 Å². The van der Waals surface area contributed by atoms with Crippen LogP contribution >= 0.6 is 0 Å². The van der Waals surface area contributed by atoms with E-state index in [1.807, 2.05) is 9.80 Å². The Balaban J connectivity index is 1.78. The molecule has 0 radical (unpaired) electrons. The van der Waals surface area contributed by atoms with Crippen LogP contribution in [-0.2, 0) is 22.1 Å². The van der Waals surface area contributed by atoms with Gasteiger partial charge in [-0.05, 0) is 32.3 Å². The van der Waals surface area contributed by atoms with Crippen LogP contribution in [0.3, 0.4) is 0 Å². The number of hydrogen-bond acceptors (Lipinski definition) is 8. The van der Waals surface area contributed by atoms with Gasteiger partial charge in [-0.2, -0.15) is 28.1 Å². The molecule has 4 rings (SSSR count). The van der Waals surface area contributed by atoms with Gasteiger partial charge in [0.25, 0.3) is 0 Å². The molecule has 184 valence electrons. The molecule has 2 fully saturated rings. The van der Waals surface area contributed by atoms with Crippen molar-refractivity contribution < 1.29 is 22.7 Å². The number of ketones is 1. The van der Waals surface area contributed by atoms with Crippen molar-refractivity contribution in [1.82, 2.24) is 19.9 Å². The van der Waals surface area contributed by atoms with Gasteiger partial charge in [0, 0.05) is 44.5 Å². The Bertz CT molecular complexity index is 1000. The monoisotopic (exact) mass is 478 g/mol. The molecule has 2 aliphatic rings. The fourth-order valence-electron chi connectivity index (χ4n) is 4.14. The average Bonchev–Trinajstić information content (AvgIpc) is 3.12. The van der Waals surface area contributed by atoms with E-state index in [0.29, 0.717) is 38.2 Å². The zero-order chi connectivity index (χ0) is 24.1. The Labute approximate surface area is 196 Å². The van der Waals surface area contributed by atoms with Crippen molar-refractivity contribution in [2.45, 2.75) is 51.6 Å². The topological polar surface area (TPSA) is 84.3 Å². The molecular weight excluding hydrogens is 449 g/mol. The van der Waals surface area contributed by atoms with Gasteiger partial charge in [0.2, 0.25) is 11.9 Å². The number of alkyl halides is 3. The lowest BCUT2D eigenvalue weighted by Gasteiger charge is -2.28. The van der Waals surface area contributed by atoms with Crippen molar-refractivity contribution in [3.8, 4) is 11.4 Å². The lowest BCUT2D eigenvalue weighted by molar-refractivity contribution is -0.137. The lowest BCUT2D eigenvalue weighted by Crippen LogP contribution is -2.38. The number of pyridine rings is 1. The highest BCUT2D eigenvalue weighted by Gasteiger charge is 2.36. The molecule has 11 heteroatoms. The third kappa shape index (κ3) is 5.99. The summed E-state index contributed by atoms with van der Waals surface area (Å²) in [5.74, 6) is 0.589. The Hall–Kier alpha value is -2.82. The van der Waals surface area contributed by atoms with Crippen molar-refractivity contribution >= 4 is 17.7 Å². The second kappa shape index (κ2) is 10.6. The van der Waals surface area contributed by atoms with Gasteiger partial charge >= 0.3 is 6.18 Å². The maximum atomic E-state index is 14.1.